The van der Waals surface area contributed by atoms with Crippen molar-refractivity contribution in [1.82, 2.24) is 29.2 Å². The van der Waals surface area contributed by atoms with E-state index in [-0.39, 0.29) is 11.0 Å². The minimum atomic E-state index is -2.70. The predicted octanol–water partition coefficient (Wildman–Crippen LogP) is 6.27. The van der Waals surface area contributed by atoms with Gasteiger partial charge in [-0.2, -0.15) is 8.78 Å². The lowest BCUT2D eigenvalue weighted by atomic mass is 9.56. The Morgan fingerprint density at radius 2 is 1.98 bits per heavy atom. The molecule has 9 heteroatoms. The first-order chi connectivity index (χ1) is 19.8. The topological polar surface area (TPSA) is 71.7 Å². The van der Waals surface area contributed by atoms with Gasteiger partial charge >= 0.3 is 6.55 Å². The Labute approximate surface area is 237 Å². The van der Waals surface area contributed by atoms with E-state index >= 15 is 0 Å². The van der Waals surface area contributed by atoms with Gasteiger partial charge in [0.25, 0.3) is 5.56 Å². The number of piperidine rings is 1. The monoisotopic (exact) mass is 558 g/mol. The van der Waals surface area contributed by atoms with Crippen LogP contribution in [0.3, 0.4) is 0 Å². The number of nitrogens with one attached hydrogen (secondary N) is 1. The van der Waals surface area contributed by atoms with E-state index in [4.69, 9.17) is 0 Å². The number of halogens is 2. The van der Waals surface area contributed by atoms with Crippen molar-refractivity contribution >= 4 is 10.9 Å². The van der Waals surface area contributed by atoms with Gasteiger partial charge in [-0.05, 0) is 104 Å². The van der Waals surface area contributed by atoms with E-state index < -0.39 is 12.0 Å². The van der Waals surface area contributed by atoms with Gasteiger partial charge < -0.3 is 4.98 Å². The first kappa shape index (κ1) is 25.4. The fourth-order valence-corrected chi connectivity index (χ4v) is 7.89. The number of H-pyrrole nitrogens is 1. The Morgan fingerprint density at radius 3 is 2.71 bits per heavy atom. The summed E-state index contributed by atoms with van der Waals surface area (Å²) in [5, 5.41) is 9.13. The largest absolute Gasteiger partial charge is 0.353 e. The van der Waals surface area contributed by atoms with Crippen molar-refractivity contribution in [1.29, 1.82) is 0 Å². The Hall–Kier alpha value is -3.33. The maximum Gasteiger partial charge on any atom is 0.321 e. The Bertz CT molecular complexity index is 1690. The molecule has 4 heterocycles. The number of benzene rings is 1. The summed E-state index contributed by atoms with van der Waals surface area (Å²) in [5.41, 5.74) is 4.19. The molecule has 0 unspecified atom stereocenters. The molecule has 1 saturated heterocycles. The molecule has 0 radical (unpaired) electrons. The van der Waals surface area contributed by atoms with Gasteiger partial charge in [-0.1, -0.05) is 19.1 Å². The van der Waals surface area contributed by atoms with Gasteiger partial charge in [0.05, 0.1) is 5.41 Å². The van der Waals surface area contributed by atoms with Crippen LogP contribution in [0.4, 0.5) is 8.78 Å². The number of aromatic nitrogens is 5. The fraction of sp³-hybridized carbons (Fsp3) is 0.531. The second-order valence-corrected chi connectivity index (χ2v) is 13.4. The molecule has 214 valence electrons. The van der Waals surface area contributed by atoms with Crippen LogP contribution in [0.5, 0.6) is 0 Å². The standard InChI is InChI=1S/C32H36F2N6O/c1-20-4-3-11-38(14-20)15-23-13-25-26(21-7-8-21)16-39(28(41)27(25)36-23)24-6-2-5-22(12-24)32(17-31(18-32)9-10-31)29-37-35-19-40(29)30(33)34/h2,5-6,12-13,16,19-21,30,36H,3-4,7-11,14-15,17-18H2,1H3/t20-/m0/s1. The molecule has 1 N–H and O–H groups in total. The lowest BCUT2D eigenvalue weighted by molar-refractivity contribution is 0.0517. The molecule has 1 aromatic carbocycles. The van der Waals surface area contributed by atoms with Gasteiger partial charge in [0.15, 0.2) is 0 Å². The van der Waals surface area contributed by atoms with Crippen molar-refractivity contribution in [3.05, 3.63) is 75.9 Å². The average molecular weight is 559 g/mol. The number of fused-ring (bicyclic) bond motifs is 1. The summed E-state index contributed by atoms with van der Waals surface area (Å²) in [5.74, 6) is 1.48. The highest BCUT2D eigenvalue weighted by Gasteiger charge is 2.64. The summed E-state index contributed by atoms with van der Waals surface area (Å²) in [7, 11) is 0. The lowest BCUT2D eigenvalue weighted by Crippen LogP contribution is -2.45. The van der Waals surface area contributed by atoms with E-state index in [1.165, 1.54) is 18.4 Å². The number of hydrogen-bond acceptors (Lipinski definition) is 4. The van der Waals surface area contributed by atoms with Crippen molar-refractivity contribution in [3.63, 3.8) is 0 Å². The lowest BCUT2D eigenvalue weighted by Gasteiger charge is -2.48. The molecule has 3 aromatic heterocycles. The number of nitrogens with zero attached hydrogens (tertiary/aromatic N) is 5. The van der Waals surface area contributed by atoms with Crippen LogP contribution in [0, 0.1) is 11.3 Å². The third kappa shape index (κ3) is 4.18. The molecule has 3 aliphatic carbocycles. The van der Waals surface area contributed by atoms with E-state index in [9.17, 15) is 13.6 Å². The van der Waals surface area contributed by atoms with Crippen LogP contribution in [0.1, 0.15) is 93.4 Å². The quantitative estimate of drug-likeness (QED) is 0.290. The van der Waals surface area contributed by atoms with Crippen LogP contribution >= 0.6 is 0 Å². The summed E-state index contributed by atoms with van der Waals surface area (Å²) in [6, 6.07) is 10.1. The SMILES string of the molecule is C[C@H]1CCCN(Cc2cc3c(C4CC4)cn(-c4cccc(C5(c6nncn6C(F)F)CC6(CC6)C5)c4)c(=O)c3[nH]2)C1. The second kappa shape index (κ2) is 9.08. The molecule has 41 heavy (non-hydrogen) atoms. The number of alkyl halides is 2. The highest BCUT2D eigenvalue weighted by Crippen LogP contribution is 2.70. The van der Waals surface area contributed by atoms with E-state index in [2.05, 4.69) is 33.1 Å². The molecule has 7 nitrogen and oxygen atoms in total. The van der Waals surface area contributed by atoms with Gasteiger partial charge in [0, 0.05) is 36.1 Å². The van der Waals surface area contributed by atoms with Crippen LogP contribution in [0.2, 0.25) is 0 Å². The fourth-order valence-electron chi connectivity index (χ4n) is 7.89. The van der Waals surface area contributed by atoms with Crippen molar-refractivity contribution in [3.8, 4) is 5.69 Å². The summed E-state index contributed by atoms with van der Waals surface area (Å²) in [6.07, 6.45) is 11.7. The van der Waals surface area contributed by atoms with Crippen LogP contribution in [-0.4, -0.2) is 42.3 Å². The number of aromatic amines is 1. The van der Waals surface area contributed by atoms with Crippen LogP contribution in [-0.2, 0) is 12.0 Å². The third-order valence-corrected chi connectivity index (χ3v) is 10.2. The zero-order chi connectivity index (χ0) is 27.9. The summed E-state index contributed by atoms with van der Waals surface area (Å²) < 4.78 is 30.6. The van der Waals surface area contributed by atoms with E-state index in [1.807, 2.05) is 30.5 Å². The maximum atomic E-state index is 14.0. The van der Waals surface area contributed by atoms with Crippen LogP contribution in [0.15, 0.2) is 47.7 Å². The zero-order valence-electron chi connectivity index (χ0n) is 23.5. The zero-order valence-corrected chi connectivity index (χ0v) is 23.5. The minimum absolute atomic E-state index is 0.0723. The van der Waals surface area contributed by atoms with Crippen molar-refractivity contribution in [2.24, 2.45) is 11.3 Å². The smallest absolute Gasteiger partial charge is 0.321 e. The molecule has 1 aliphatic heterocycles. The Morgan fingerprint density at radius 1 is 1.15 bits per heavy atom. The number of hydrogen-bond donors (Lipinski definition) is 1. The van der Waals surface area contributed by atoms with Crippen molar-refractivity contribution < 1.29 is 8.78 Å². The molecule has 4 aromatic rings. The summed E-state index contributed by atoms with van der Waals surface area (Å²) >= 11 is 0. The molecule has 0 amide bonds. The Kier molecular flexibility index (Phi) is 5.62. The van der Waals surface area contributed by atoms with Gasteiger partial charge in [-0.25, -0.2) is 0 Å². The first-order valence-electron chi connectivity index (χ1n) is 15.1. The van der Waals surface area contributed by atoms with Crippen molar-refractivity contribution in [2.45, 2.75) is 82.7 Å². The van der Waals surface area contributed by atoms with Gasteiger partial charge in [-0.3, -0.25) is 18.8 Å². The van der Waals surface area contributed by atoms with Gasteiger partial charge in [0.1, 0.15) is 17.7 Å². The molecular weight excluding hydrogens is 522 g/mol. The third-order valence-electron chi connectivity index (χ3n) is 10.2. The van der Waals surface area contributed by atoms with Gasteiger partial charge in [-0.15, -0.1) is 10.2 Å². The Balaban J connectivity index is 1.20. The normalized spacial score (nSPS) is 23.4. The van der Waals surface area contributed by atoms with Crippen LogP contribution in [0.25, 0.3) is 16.6 Å². The van der Waals surface area contributed by atoms with E-state index in [0.717, 1.165) is 91.4 Å². The van der Waals surface area contributed by atoms with Gasteiger partial charge in [0.2, 0.25) is 0 Å². The van der Waals surface area contributed by atoms with Crippen LogP contribution < -0.4 is 5.56 Å². The molecule has 4 fully saturated rings. The average Bonchev–Trinajstić information content (AvgIpc) is 3.84. The molecule has 1 spiro atoms. The second-order valence-electron chi connectivity index (χ2n) is 13.4. The van der Waals surface area contributed by atoms with Crippen molar-refractivity contribution in [2.75, 3.05) is 13.1 Å². The highest BCUT2D eigenvalue weighted by atomic mass is 19.3. The molecule has 8 rings (SSSR count). The predicted molar refractivity (Wildman–Crippen MR) is 153 cm³/mol. The van der Waals surface area contributed by atoms with E-state index in [1.54, 1.807) is 4.57 Å². The highest BCUT2D eigenvalue weighted by molar-refractivity contribution is 5.84. The molecule has 1 atom stereocenters. The summed E-state index contributed by atoms with van der Waals surface area (Å²) in [4.78, 5) is 20.0. The molecule has 0 bridgehead atoms. The first-order valence-corrected chi connectivity index (χ1v) is 15.1. The summed E-state index contributed by atoms with van der Waals surface area (Å²) in [6.45, 7) is 2.62. The molecule has 4 aliphatic rings. The maximum absolute atomic E-state index is 14.0. The number of pyridine rings is 1. The minimum Gasteiger partial charge on any atom is -0.353 e. The molecular formula is C32H36F2N6O. The molecule has 3 saturated carbocycles. The number of rotatable bonds is 7. The number of likely N-dealkylation sites (tertiary alicyclic amines) is 1. The van der Waals surface area contributed by atoms with E-state index in [0.29, 0.717) is 23.2 Å².